The molecule has 0 aromatic heterocycles. The van der Waals surface area contributed by atoms with Gasteiger partial charge in [-0.2, -0.15) is 0 Å². The van der Waals surface area contributed by atoms with E-state index in [0.717, 1.165) is 22.1 Å². The fourth-order valence-corrected chi connectivity index (χ4v) is 3.97. The fourth-order valence-electron chi connectivity index (χ4n) is 3.97. The maximum atomic E-state index is 13.1. The van der Waals surface area contributed by atoms with Gasteiger partial charge in [0.1, 0.15) is 12.4 Å². The van der Waals surface area contributed by atoms with Crippen molar-refractivity contribution in [2.45, 2.75) is 18.3 Å². The van der Waals surface area contributed by atoms with Crippen LogP contribution in [0.4, 0.5) is 0 Å². The number of carbonyl (C=O) groups is 1. The van der Waals surface area contributed by atoms with Crippen LogP contribution in [0.2, 0.25) is 0 Å². The molecule has 1 N–H and O–H groups in total. The number of hydrogen-bond donors (Lipinski definition) is 1. The predicted molar refractivity (Wildman–Crippen MR) is 118 cm³/mol. The first-order chi connectivity index (χ1) is 14.8. The summed E-state index contributed by atoms with van der Waals surface area (Å²) in [6.45, 7) is 1.76. The number of fused-ring (bicyclic) bond motifs is 1. The van der Waals surface area contributed by atoms with Crippen LogP contribution in [0.25, 0.3) is 10.8 Å². The summed E-state index contributed by atoms with van der Waals surface area (Å²) in [5.41, 5.74) is 0.499. The second-order valence-corrected chi connectivity index (χ2v) is 7.36. The third-order valence-corrected chi connectivity index (χ3v) is 5.62. The zero-order chi connectivity index (χ0) is 20.7. The van der Waals surface area contributed by atoms with E-state index >= 15 is 0 Å². The number of hydrogen-bond acceptors (Lipinski definition) is 3. The summed E-state index contributed by atoms with van der Waals surface area (Å²) >= 11 is 0. The average molecular weight is 399 g/mol. The van der Waals surface area contributed by atoms with Crippen molar-refractivity contribution in [1.29, 1.82) is 0 Å². The number of ether oxygens (including phenoxy) is 2. The Kier molecular flexibility index (Phi) is 6.32. The molecule has 1 amide bonds. The van der Waals surface area contributed by atoms with Crippen molar-refractivity contribution >= 4 is 16.7 Å². The van der Waals surface area contributed by atoms with Gasteiger partial charge in [0.2, 0.25) is 5.91 Å². The summed E-state index contributed by atoms with van der Waals surface area (Å²) in [6, 6.07) is 24.0. The Labute approximate surface area is 177 Å². The normalized spacial score (nSPS) is 15.1. The molecule has 1 aliphatic heterocycles. The van der Waals surface area contributed by atoms with E-state index in [1.807, 2.05) is 60.7 Å². The lowest BCUT2D eigenvalue weighted by molar-refractivity contribution is -0.130. The van der Waals surface area contributed by atoms with E-state index in [2.05, 4.69) is 29.3 Å². The molecule has 0 saturated carbocycles. The van der Waals surface area contributed by atoms with Gasteiger partial charge >= 0.3 is 0 Å². The van der Waals surface area contributed by atoms with Gasteiger partial charge in [-0.25, -0.2) is 0 Å². The lowest BCUT2D eigenvalue weighted by Crippen LogP contribution is -2.48. The van der Waals surface area contributed by atoms with E-state index in [0.29, 0.717) is 32.6 Å². The van der Waals surface area contributed by atoms with Gasteiger partial charge in [0.25, 0.3) is 0 Å². The third kappa shape index (κ3) is 4.32. The second kappa shape index (κ2) is 9.47. The average Bonchev–Trinajstić information content (AvgIpc) is 2.82. The van der Waals surface area contributed by atoms with E-state index in [1.54, 1.807) is 0 Å². The van der Waals surface area contributed by atoms with Gasteiger partial charge in [0.15, 0.2) is 0 Å². The Hall–Kier alpha value is -3.29. The largest absolute Gasteiger partial charge is 0.480 e. The molecule has 1 saturated heterocycles. The summed E-state index contributed by atoms with van der Waals surface area (Å²) < 4.78 is 11.3. The van der Waals surface area contributed by atoms with Gasteiger partial charge in [-0.3, -0.25) is 4.79 Å². The van der Waals surface area contributed by atoms with Crippen LogP contribution in [0.5, 0.6) is 5.75 Å². The predicted octanol–water partition coefficient (Wildman–Crippen LogP) is 4.09. The monoisotopic (exact) mass is 399 g/mol. The Morgan fingerprint density at radius 1 is 0.933 bits per heavy atom. The van der Waals surface area contributed by atoms with E-state index in [4.69, 9.17) is 9.47 Å². The van der Waals surface area contributed by atoms with Crippen LogP contribution in [0.15, 0.2) is 72.8 Å². The highest BCUT2D eigenvalue weighted by atomic mass is 16.5. The molecule has 1 fully saturated rings. The number of carbonyl (C=O) groups excluding carboxylic acids is 1. The molecule has 0 radical (unpaired) electrons. The molecular formula is C26H25NO3. The molecule has 0 unspecified atom stereocenters. The Balaban J connectivity index is 1.35. The molecule has 4 rings (SSSR count). The maximum absolute atomic E-state index is 13.1. The van der Waals surface area contributed by atoms with Crippen molar-refractivity contribution < 1.29 is 14.3 Å². The minimum Gasteiger partial charge on any atom is -0.480 e. The number of benzene rings is 3. The van der Waals surface area contributed by atoms with Gasteiger partial charge < -0.3 is 14.8 Å². The highest BCUT2D eigenvalue weighted by Crippen LogP contribution is 2.35. The summed E-state index contributed by atoms with van der Waals surface area (Å²) in [6.07, 6.45) is 1.36. The standard InChI is InChI=1S/C26H25NO3/c28-25(26(15-19-29-20-16-26)22-11-2-1-3-12-22)27-17-6-7-18-30-24-14-8-10-21-9-4-5-13-23(21)24/h1-5,8-14H,15-20H2,(H,27,28). The summed E-state index contributed by atoms with van der Waals surface area (Å²) in [4.78, 5) is 13.1. The Morgan fingerprint density at radius 2 is 1.67 bits per heavy atom. The number of nitrogens with one attached hydrogen (secondary N) is 1. The highest BCUT2D eigenvalue weighted by molar-refractivity contribution is 5.89. The zero-order valence-electron chi connectivity index (χ0n) is 16.9. The molecule has 0 atom stereocenters. The molecule has 4 nitrogen and oxygen atoms in total. The molecule has 4 heteroatoms. The third-order valence-electron chi connectivity index (χ3n) is 5.62. The minimum atomic E-state index is -0.541. The van der Waals surface area contributed by atoms with Crippen LogP contribution in [-0.2, 0) is 14.9 Å². The van der Waals surface area contributed by atoms with Crippen LogP contribution >= 0.6 is 0 Å². The van der Waals surface area contributed by atoms with Crippen molar-refractivity contribution in [3.8, 4) is 17.6 Å². The number of rotatable bonds is 5. The van der Waals surface area contributed by atoms with Crippen LogP contribution in [0.3, 0.4) is 0 Å². The highest BCUT2D eigenvalue weighted by Gasteiger charge is 2.41. The van der Waals surface area contributed by atoms with Crippen molar-refractivity contribution in [2.24, 2.45) is 0 Å². The lowest BCUT2D eigenvalue weighted by Gasteiger charge is -2.36. The van der Waals surface area contributed by atoms with E-state index in [1.165, 1.54) is 0 Å². The molecule has 30 heavy (non-hydrogen) atoms. The molecular weight excluding hydrogens is 374 g/mol. The lowest BCUT2D eigenvalue weighted by atomic mass is 9.73. The van der Waals surface area contributed by atoms with Crippen molar-refractivity contribution in [3.05, 3.63) is 78.4 Å². The van der Waals surface area contributed by atoms with Gasteiger partial charge in [-0.05, 0) is 29.9 Å². The minimum absolute atomic E-state index is 0.0151. The van der Waals surface area contributed by atoms with E-state index < -0.39 is 5.41 Å². The van der Waals surface area contributed by atoms with E-state index in [-0.39, 0.29) is 12.5 Å². The molecule has 3 aromatic rings. The van der Waals surface area contributed by atoms with Gasteiger partial charge in [-0.1, -0.05) is 78.6 Å². The molecule has 0 spiro atoms. The SMILES string of the molecule is O=C(NCC#CCOc1cccc2ccccc12)C1(c2ccccc2)CCOCC1. The second-order valence-electron chi connectivity index (χ2n) is 7.36. The Bertz CT molecular complexity index is 1050. The first-order valence-corrected chi connectivity index (χ1v) is 10.3. The van der Waals surface area contributed by atoms with Gasteiger partial charge in [0, 0.05) is 18.6 Å². The topological polar surface area (TPSA) is 47.6 Å². The molecule has 1 heterocycles. The van der Waals surface area contributed by atoms with Crippen molar-refractivity contribution in [1.82, 2.24) is 5.32 Å². The first kappa shape index (κ1) is 20.0. The quantitative estimate of drug-likeness (QED) is 0.658. The molecule has 0 aliphatic carbocycles. The molecule has 0 bridgehead atoms. The summed E-state index contributed by atoms with van der Waals surface area (Å²) in [7, 11) is 0. The summed E-state index contributed by atoms with van der Waals surface area (Å²) in [5, 5.41) is 5.20. The van der Waals surface area contributed by atoms with Gasteiger partial charge in [0.05, 0.1) is 12.0 Å². The molecule has 152 valence electrons. The van der Waals surface area contributed by atoms with Crippen LogP contribution in [0, 0.1) is 11.8 Å². The van der Waals surface area contributed by atoms with Crippen LogP contribution in [0.1, 0.15) is 18.4 Å². The van der Waals surface area contributed by atoms with Crippen LogP contribution < -0.4 is 10.1 Å². The molecule has 3 aromatic carbocycles. The molecule has 1 aliphatic rings. The van der Waals surface area contributed by atoms with Gasteiger partial charge in [-0.15, -0.1) is 0 Å². The maximum Gasteiger partial charge on any atom is 0.231 e. The fraction of sp³-hybridized carbons (Fsp3) is 0.269. The Morgan fingerprint density at radius 3 is 2.50 bits per heavy atom. The smallest absolute Gasteiger partial charge is 0.231 e. The van der Waals surface area contributed by atoms with Crippen molar-refractivity contribution in [2.75, 3.05) is 26.4 Å². The van der Waals surface area contributed by atoms with Crippen molar-refractivity contribution in [3.63, 3.8) is 0 Å². The zero-order valence-corrected chi connectivity index (χ0v) is 16.9. The first-order valence-electron chi connectivity index (χ1n) is 10.3. The summed E-state index contributed by atoms with van der Waals surface area (Å²) in [5.74, 6) is 6.83. The number of amides is 1. The van der Waals surface area contributed by atoms with E-state index in [9.17, 15) is 4.79 Å². The van der Waals surface area contributed by atoms with Crippen LogP contribution in [-0.4, -0.2) is 32.3 Å².